The quantitative estimate of drug-likeness (QED) is 0.635. The molecule has 0 aromatic rings. The molecule has 74 valence electrons. The Bertz CT molecular complexity index is 177. The second-order valence-electron chi connectivity index (χ2n) is 3.97. The molecule has 2 aliphatic rings. The molecule has 0 aliphatic carbocycles. The molecule has 0 N–H and O–H groups in total. The first-order valence-corrected chi connectivity index (χ1v) is 5.20. The first kappa shape index (κ1) is 9.16. The first-order valence-electron chi connectivity index (χ1n) is 5.20. The van der Waals surface area contributed by atoms with E-state index in [4.69, 9.17) is 4.74 Å². The van der Waals surface area contributed by atoms with E-state index < -0.39 is 0 Å². The summed E-state index contributed by atoms with van der Waals surface area (Å²) >= 11 is 0. The van der Waals surface area contributed by atoms with Crippen LogP contribution in [0.3, 0.4) is 0 Å². The maximum atomic E-state index is 11.0. The molecule has 2 rings (SSSR count). The van der Waals surface area contributed by atoms with Crippen LogP contribution >= 0.6 is 0 Å². The Kier molecular flexibility index (Phi) is 2.96. The molecule has 0 amide bonds. The molecule has 1 atom stereocenters. The zero-order valence-electron chi connectivity index (χ0n) is 8.00. The van der Waals surface area contributed by atoms with Crippen molar-refractivity contribution >= 4 is 5.78 Å². The molecule has 2 heterocycles. The van der Waals surface area contributed by atoms with E-state index in [2.05, 4.69) is 4.90 Å². The van der Waals surface area contributed by atoms with Gasteiger partial charge in [-0.3, -0.25) is 9.69 Å². The summed E-state index contributed by atoms with van der Waals surface area (Å²) in [6, 6.07) is 0. The number of piperidine rings is 1. The number of hydrogen-bond acceptors (Lipinski definition) is 3. The van der Waals surface area contributed by atoms with Gasteiger partial charge in [0.25, 0.3) is 0 Å². The van der Waals surface area contributed by atoms with E-state index >= 15 is 0 Å². The molecule has 3 nitrogen and oxygen atoms in total. The number of hydrogen-bond donors (Lipinski definition) is 0. The van der Waals surface area contributed by atoms with Crippen molar-refractivity contribution in [3.8, 4) is 0 Å². The fraction of sp³-hybridized carbons (Fsp3) is 0.900. The van der Waals surface area contributed by atoms with Crippen molar-refractivity contribution in [3.63, 3.8) is 0 Å². The van der Waals surface area contributed by atoms with Crippen LogP contribution in [0.15, 0.2) is 0 Å². The van der Waals surface area contributed by atoms with E-state index in [9.17, 15) is 4.79 Å². The maximum absolute atomic E-state index is 11.0. The van der Waals surface area contributed by atoms with Crippen LogP contribution in [0.2, 0.25) is 0 Å². The third kappa shape index (κ3) is 2.51. The van der Waals surface area contributed by atoms with Gasteiger partial charge in [-0.25, -0.2) is 0 Å². The third-order valence-electron chi connectivity index (χ3n) is 2.90. The summed E-state index contributed by atoms with van der Waals surface area (Å²) in [5, 5.41) is 0. The number of nitrogens with zero attached hydrogens (tertiary/aromatic N) is 1. The van der Waals surface area contributed by atoms with Gasteiger partial charge < -0.3 is 4.74 Å². The van der Waals surface area contributed by atoms with Crippen LogP contribution in [0.25, 0.3) is 0 Å². The van der Waals surface area contributed by atoms with Gasteiger partial charge in [0.1, 0.15) is 5.78 Å². The number of carbonyl (C=O) groups excluding carboxylic acids is 1. The van der Waals surface area contributed by atoms with Crippen LogP contribution in [0.1, 0.15) is 25.7 Å². The van der Waals surface area contributed by atoms with Crippen molar-refractivity contribution in [1.29, 1.82) is 0 Å². The van der Waals surface area contributed by atoms with Gasteiger partial charge in [0.15, 0.2) is 0 Å². The Morgan fingerprint density at radius 3 is 2.77 bits per heavy atom. The monoisotopic (exact) mass is 183 g/mol. The topological polar surface area (TPSA) is 29.5 Å². The molecule has 0 radical (unpaired) electrons. The highest BCUT2D eigenvalue weighted by Crippen LogP contribution is 2.15. The van der Waals surface area contributed by atoms with E-state index in [1.807, 2.05) is 0 Å². The minimum Gasteiger partial charge on any atom is -0.377 e. The molecule has 0 spiro atoms. The average Bonchev–Trinajstić information content (AvgIpc) is 2.62. The zero-order valence-corrected chi connectivity index (χ0v) is 8.00. The molecule has 0 aromatic carbocycles. The lowest BCUT2D eigenvalue weighted by Crippen LogP contribution is -2.38. The Morgan fingerprint density at radius 2 is 2.15 bits per heavy atom. The van der Waals surface area contributed by atoms with E-state index in [1.54, 1.807) is 0 Å². The highest BCUT2D eigenvalue weighted by Gasteiger charge is 2.22. The van der Waals surface area contributed by atoms with Gasteiger partial charge in [-0.05, 0) is 12.8 Å². The molecule has 0 bridgehead atoms. The lowest BCUT2D eigenvalue weighted by molar-refractivity contribution is -0.121. The number of likely N-dealkylation sites (tertiary alicyclic amines) is 1. The number of rotatable bonds is 2. The number of Topliss-reactive ketones (excluding diaryl/α,β-unsaturated/α-hetero) is 1. The molecule has 0 saturated carbocycles. The van der Waals surface area contributed by atoms with Gasteiger partial charge in [-0.15, -0.1) is 0 Å². The fourth-order valence-electron chi connectivity index (χ4n) is 2.06. The van der Waals surface area contributed by atoms with E-state index in [0.29, 0.717) is 11.9 Å². The Labute approximate surface area is 79.0 Å². The van der Waals surface area contributed by atoms with Crippen molar-refractivity contribution in [2.45, 2.75) is 31.8 Å². The van der Waals surface area contributed by atoms with Crippen LogP contribution in [0.5, 0.6) is 0 Å². The Hall–Kier alpha value is -0.410. The molecule has 2 saturated heterocycles. The molecular weight excluding hydrogens is 166 g/mol. The molecule has 3 heteroatoms. The highest BCUT2D eigenvalue weighted by molar-refractivity contribution is 5.79. The predicted octanol–water partition coefficient (Wildman–Crippen LogP) is 0.830. The van der Waals surface area contributed by atoms with Gasteiger partial charge in [0.2, 0.25) is 0 Å². The third-order valence-corrected chi connectivity index (χ3v) is 2.90. The summed E-state index contributed by atoms with van der Waals surface area (Å²) in [6.07, 6.45) is 4.33. The van der Waals surface area contributed by atoms with Crippen LogP contribution in [0.4, 0.5) is 0 Å². The smallest absolute Gasteiger partial charge is 0.135 e. The van der Waals surface area contributed by atoms with Crippen molar-refractivity contribution in [1.82, 2.24) is 4.90 Å². The summed E-state index contributed by atoms with van der Waals surface area (Å²) in [7, 11) is 0. The summed E-state index contributed by atoms with van der Waals surface area (Å²) < 4.78 is 5.56. The lowest BCUT2D eigenvalue weighted by Gasteiger charge is -2.27. The Balaban J connectivity index is 1.72. The zero-order chi connectivity index (χ0) is 9.10. The Morgan fingerprint density at radius 1 is 1.38 bits per heavy atom. The lowest BCUT2D eigenvalue weighted by atomic mass is 10.1. The minimum absolute atomic E-state index is 0.420. The standard InChI is InChI=1S/C10H17NO2/c12-9-3-5-11(6-4-9)8-10-2-1-7-13-10/h10H,1-8H2. The van der Waals surface area contributed by atoms with Crippen molar-refractivity contribution in [2.24, 2.45) is 0 Å². The fourth-order valence-corrected chi connectivity index (χ4v) is 2.06. The molecule has 2 fully saturated rings. The van der Waals surface area contributed by atoms with Crippen LogP contribution in [-0.2, 0) is 9.53 Å². The number of ether oxygens (including phenoxy) is 1. The van der Waals surface area contributed by atoms with Gasteiger partial charge in [-0.2, -0.15) is 0 Å². The van der Waals surface area contributed by atoms with Gasteiger partial charge in [0.05, 0.1) is 6.10 Å². The first-order chi connectivity index (χ1) is 6.34. The largest absolute Gasteiger partial charge is 0.377 e. The van der Waals surface area contributed by atoms with E-state index in [1.165, 1.54) is 12.8 Å². The number of carbonyl (C=O) groups is 1. The van der Waals surface area contributed by atoms with Gasteiger partial charge >= 0.3 is 0 Å². The SMILES string of the molecule is O=C1CCN(CC2CCCO2)CC1. The highest BCUT2D eigenvalue weighted by atomic mass is 16.5. The van der Waals surface area contributed by atoms with E-state index in [0.717, 1.165) is 39.1 Å². The molecule has 2 aliphatic heterocycles. The molecule has 1 unspecified atom stereocenters. The van der Waals surface area contributed by atoms with Gasteiger partial charge in [0, 0.05) is 39.1 Å². The van der Waals surface area contributed by atoms with Crippen LogP contribution < -0.4 is 0 Å². The van der Waals surface area contributed by atoms with Crippen molar-refractivity contribution in [2.75, 3.05) is 26.2 Å². The van der Waals surface area contributed by atoms with Crippen LogP contribution in [0, 0.1) is 0 Å². The van der Waals surface area contributed by atoms with Gasteiger partial charge in [-0.1, -0.05) is 0 Å². The second-order valence-corrected chi connectivity index (χ2v) is 3.97. The minimum atomic E-state index is 0.420. The predicted molar refractivity (Wildman–Crippen MR) is 49.7 cm³/mol. The maximum Gasteiger partial charge on any atom is 0.135 e. The van der Waals surface area contributed by atoms with Crippen LogP contribution in [-0.4, -0.2) is 43.0 Å². The van der Waals surface area contributed by atoms with Crippen molar-refractivity contribution < 1.29 is 9.53 Å². The van der Waals surface area contributed by atoms with Crippen molar-refractivity contribution in [3.05, 3.63) is 0 Å². The summed E-state index contributed by atoms with van der Waals surface area (Å²) in [5.41, 5.74) is 0. The normalized spacial score (nSPS) is 31.1. The number of ketones is 1. The molecular formula is C10H17NO2. The summed E-state index contributed by atoms with van der Waals surface area (Å²) in [5.74, 6) is 0.420. The summed E-state index contributed by atoms with van der Waals surface area (Å²) in [6.45, 7) is 3.85. The summed E-state index contributed by atoms with van der Waals surface area (Å²) in [4.78, 5) is 13.3. The van der Waals surface area contributed by atoms with E-state index in [-0.39, 0.29) is 0 Å². The second kappa shape index (κ2) is 4.20. The average molecular weight is 183 g/mol. The molecule has 0 aromatic heterocycles. The molecule has 13 heavy (non-hydrogen) atoms.